The Morgan fingerprint density at radius 3 is 2.37 bits per heavy atom. The number of anilines is 1. The highest BCUT2D eigenvalue weighted by atomic mass is 32.1. The molecule has 0 amide bonds. The number of thiazole rings is 1. The lowest BCUT2D eigenvalue weighted by Gasteiger charge is -2.29. The van der Waals surface area contributed by atoms with E-state index in [-0.39, 0.29) is 23.2 Å². The van der Waals surface area contributed by atoms with Gasteiger partial charge in [0.2, 0.25) is 0 Å². The average Bonchev–Trinajstić information content (AvgIpc) is 3.43. The molecule has 2 aromatic rings. The Morgan fingerprint density at radius 2 is 1.85 bits per heavy atom. The Hall–Kier alpha value is -3.70. The summed E-state index contributed by atoms with van der Waals surface area (Å²) in [5.74, 6) is 0.500. The van der Waals surface area contributed by atoms with Crippen LogP contribution in [0.4, 0.5) is 5.13 Å². The zero-order valence-electron chi connectivity index (χ0n) is 29.7. The number of aromatic nitrogens is 1. The Morgan fingerprint density at radius 1 is 1.17 bits per heavy atom. The van der Waals surface area contributed by atoms with Gasteiger partial charge in [-0.05, 0) is 68.4 Å². The monoisotopic (exact) mass is 645 g/mol. The maximum atomic E-state index is 12.9. The Bertz CT molecular complexity index is 1390. The van der Waals surface area contributed by atoms with Gasteiger partial charge in [-0.15, -0.1) is 0 Å². The first-order valence-corrected chi connectivity index (χ1v) is 17.2. The summed E-state index contributed by atoms with van der Waals surface area (Å²) in [7, 11) is 0. The zero-order valence-corrected chi connectivity index (χ0v) is 30.5. The first-order valence-electron chi connectivity index (χ1n) is 16.4. The van der Waals surface area contributed by atoms with Crippen LogP contribution in [0.15, 0.2) is 65.3 Å². The summed E-state index contributed by atoms with van der Waals surface area (Å²) in [4.78, 5) is 27.9. The molecule has 8 heteroatoms. The molecule has 0 saturated heterocycles. The summed E-state index contributed by atoms with van der Waals surface area (Å²) in [6.07, 6.45) is 7.93. The molecular weight excluding hydrogens is 591 g/mol. The van der Waals surface area contributed by atoms with E-state index in [1.807, 2.05) is 61.2 Å². The van der Waals surface area contributed by atoms with Crippen LogP contribution in [-0.4, -0.2) is 47.9 Å². The number of nitrogens with zero attached hydrogens (tertiary/aromatic N) is 5. The summed E-state index contributed by atoms with van der Waals surface area (Å²) in [5.41, 5.74) is 3.44. The van der Waals surface area contributed by atoms with E-state index in [0.29, 0.717) is 31.3 Å². The van der Waals surface area contributed by atoms with Crippen molar-refractivity contribution in [1.82, 2.24) is 9.88 Å². The summed E-state index contributed by atoms with van der Waals surface area (Å²) < 4.78 is 5.76. The van der Waals surface area contributed by atoms with Gasteiger partial charge in [-0.1, -0.05) is 96.7 Å². The SMILES string of the molecule is C=CC(N=CC=Cc1sc(N(CC)CCOC(=O)C(CC(C)C)C(C)C)nc1C(C)(C)C)N(Cc1ccccc1)C(C#N)=C(C)C. The largest absolute Gasteiger partial charge is 0.464 e. The molecule has 0 N–H and O–H groups in total. The van der Waals surface area contributed by atoms with Gasteiger partial charge < -0.3 is 14.5 Å². The lowest BCUT2D eigenvalue weighted by molar-refractivity contribution is -0.150. The van der Waals surface area contributed by atoms with E-state index in [9.17, 15) is 10.1 Å². The van der Waals surface area contributed by atoms with E-state index in [1.165, 1.54) is 0 Å². The third-order valence-corrected chi connectivity index (χ3v) is 8.69. The smallest absolute Gasteiger partial charge is 0.309 e. The fourth-order valence-electron chi connectivity index (χ4n) is 5.09. The number of ether oxygens (including phenoxy) is 1. The van der Waals surface area contributed by atoms with Crippen molar-refractivity contribution in [2.45, 2.75) is 93.8 Å². The van der Waals surface area contributed by atoms with Crippen LogP contribution in [0.2, 0.25) is 0 Å². The lowest BCUT2D eigenvalue weighted by atomic mass is 9.88. The van der Waals surface area contributed by atoms with Crippen LogP contribution in [-0.2, 0) is 21.5 Å². The van der Waals surface area contributed by atoms with E-state index < -0.39 is 6.17 Å². The molecule has 0 aliphatic rings. The van der Waals surface area contributed by atoms with E-state index in [2.05, 4.69) is 72.9 Å². The van der Waals surface area contributed by atoms with E-state index in [4.69, 9.17) is 14.7 Å². The topological polar surface area (TPSA) is 81.8 Å². The number of allylic oxidation sites excluding steroid dienone is 3. The van der Waals surface area contributed by atoms with Crippen molar-refractivity contribution in [2.75, 3.05) is 24.6 Å². The average molecular weight is 646 g/mol. The minimum absolute atomic E-state index is 0.0829. The first kappa shape index (κ1) is 38.5. The molecule has 2 atom stereocenters. The predicted octanol–water partition coefficient (Wildman–Crippen LogP) is 9.04. The molecule has 0 aliphatic heterocycles. The number of carbonyl (C=O) groups is 1. The predicted molar refractivity (Wildman–Crippen MR) is 195 cm³/mol. The van der Waals surface area contributed by atoms with Crippen molar-refractivity contribution >= 4 is 34.7 Å². The number of rotatable bonds is 17. The Balaban J connectivity index is 2.26. The third kappa shape index (κ3) is 11.6. The van der Waals surface area contributed by atoms with E-state index in [1.54, 1.807) is 23.6 Å². The van der Waals surface area contributed by atoms with Gasteiger partial charge in [0.15, 0.2) is 5.13 Å². The van der Waals surface area contributed by atoms with Crippen molar-refractivity contribution in [1.29, 1.82) is 5.26 Å². The van der Waals surface area contributed by atoms with Gasteiger partial charge in [0.05, 0.1) is 23.0 Å². The molecular formula is C38H55N5O2S. The maximum Gasteiger partial charge on any atom is 0.309 e. The number of carbonyl (C=O) groups excluding carboxylic acids is 1. The minimum atomic E-state index is -0.414. The minimum Gasteiger partial charge on any atom is -0.464 e. The molecule has 1 heterocycles. The number of hydrogen-bond acceptors (Lipinski definition) is 8. The molecule has 0 bridgehead atoms. The Kier molecular flexibility index (Phi) is 15.4. The zero-order chi connectivity index (χ0) is 34.4. The molecule has 1 aromatic carbocycles. The van der Waals surface area contributed by atoms with Crippen LogP contribution in [0.25, 0.3) is 6.08 Å². The molecule has 0 aliphatic carbocycles. The number of hydrogen-bond donors (Lipinski definition) is 0. The molecule has 1 aromatic heterocycles. The second-order valence-corrected chi connectivity index (χ2v) is 14.6. The highest BCUT2D eigenvalue weighted by Gasteiger charge is 2.26. The molecule has 2 unspecified atom stereocenters. The summed E-state index contributed by atoms with van der Waals surface area (Å²) in [6, 6.07) is 12.4. The standard InChI is InChI=1S/C38H55N5O2S/c1-12-34(43(32(25-39)29(7)8)26-30-18-15-14-16-19-30)40-21-17-20-33-35(38(9,10)11)41-37(46-33)42(13-2)22-23-45-36(44)31(28(5)6)24-27(3)4/h12,14-21,27-28,31,34H,1,13,22-24,26H2,2-11H3. The number of aliphatic imine (C=N–C) groups is 1. The summed E-state index contributed by atoms with van der Waals surface area (Å²) in [5, 5.41) is 10.9. The number of esters is 1. The highest BCUT2D eigenvalue weighted by Crippen LogP contribution is 2.35. The lowest BCUT2D eigenvalue weighted by Crippen LogP contribution is -2.31. The van der Waals surface area contributed by atoms with Crippen molar-refractivity contribution in [3.05, 3.63) is 76.5 Å². The molecule has 250 valence electrons. The molecule has 2 rings (SSSR count). The third-order valence-electron chi connectivity index (χ3n) is 7.61. The van der Waals surface area contributed by atoms with Gasteiger partial charge in [-0.3, -0.25) is 9.79 Å². The van der Waals surface area contributed by atoms with Crippen LogP contribution >= 0.6 is 11.3 Å². The molecule has 0 radical (unpaired) electrons. The molecule has 0 spiro atoms. The van der Waals surface area contributed by atoms with Gasteiger partial charge in [0, 0.05) is 24.7 Å². The van der Waals surface area contributed by atoms with Crippen molar-refractivity contribution in [3.8, 4) is 6.07 Å². The van der Waals surface area contributed by atoms with Gasteiger partial charge >= 0.3 is 5.97 Å². The van der Waals surface area contributed by atoms with E-state index in [0.717, 1.165) is 39.8 Å². The Labute approximate surface area is 282 Å². The maximum absolute atomic E-state index is 12.9. The second kappa shape index (κ2) is 18.4. The molecule has 0 fully saturated rings. The van der Waals surface area contributed by atoms with Crippen molar-refractivity contribution < 1.29 is 9.53 Å². The number of nitriles is 1. The van der Waals surface area contributed by atoms with Crippen LogP contribution in [0.3, 0.4) is 0 Å². The fourth-order valence-corrected chi connectivity index (χ4v) is 6.37. The summed E-state index contributed by atoms with van der Waals surface area (Å²) in [6.45, 7) is 27.1. The van der Waals surface area contributed by atoms with Crippen molar-refractivity contribution in [2.24, 2.45) is 22.7 Å². The van der Waals surface area contributed by atoms with Gasteiger partial charge in [-0.2, -0.15) is 5.26 Å². The van der Waals surface area contributed by atoms with Crippen LogP contribution < -0.4 is 4.90 Å². The second-order valence-electron chi connectivity index (χ2n) is 13.6. The van der Waals surface area contributed by atoms with Gasteiger partial charge in [-0.25, -0.2) is 4.98 Å². The molecule has 7 nitrogen and oxygen atoms in total. The van der Waals surface area contributed by atoms with Crippen LogP contribution in [0.1, 0.15) is 91.8 Å². The summed E-state index contributed by atoms with van der Waals surface area (Å²) >= 11 is 1.63. The quantitative estimate of drug-likeness (QED) is 0.0739. The first-order chi connectivity index (χ1) is 21.7. The normalized spacial score (nSPS) is 13.2. The van der Waals surface area contributed by atoms with E-state index >= 15 is 0 Å². The number of benzene rings is 1. The highest BCUT2D eigenvalue weighted by molar-refractivity contribution is 7.16. The van der Waals surface area contributed by atoms with Gasteiger partial charge in [0.25, 0.3) is 0 Å². The fraction of sp³-hybridized carbons (Fsp3) is 0.526. The van der Waals surface area contributed by atoms with Crippen LogP contribution in [0, 0.1) is 29.1 Å². The molecule has 46 heavy (non-hydrogen) atoms. The van der Waals surface area contributed by atoms with Gasteiger partial charge in [0.1, 0.15) is 24.5 Å². The molecule has 0 saturated carbocycles. The number of likely N-dealkylation sites (N-methyl/N-ethyl adjacent to an activating group) is 1. The van der Waals surface area contributed by atoms with Crippen LogP contribution in [0.5, 0.6) is 0 Å². The van der Waals surface area contributed by atoms with Crippen molar-refractivity contribution in [3.63, 3.8) is 0 Å².